The van der Waals surface area contributed by atoms with Crippen molar-refractivity contribution in [2.75, 3.05) is 7.11 Å². The Kier molecular flexibility index (Phi) is 3.76. The Labute approximate surface area is 98.3 Å². The van der Waals surface area contributed by atoms with E-state index < -0.39 is 35.0 Å². The van der Waals surface area contributed by atoms with E-state index in [4.69, 9.17) is 5.26 Å². The van der Waals surface area contributed by atoms with Gasteiger partial charge >= 0.3 is 12.3 Å². The monoisotopic (exact) mass is 263 g/mol. The highest BCUT2D eigenvalue weighted by molar-refractivity contribution is 5.95. The minimum Gasteiger partial charge on any atom is -0.465 e. The van der Waals surface area contributed by atoms with Gasteiger partial charge < -0.3 is 9.47 Å². The molecule has 8 heteroatoms. The zero-order chi connectivity index (χ0) is 13.9. The largest absolute Gasteiger partial charge is 0.573 e. The van der Waals surface area contributed by atoms with E-state index in [0.29, 0.717) is 12.1 Å². The van der Waals surface area contributed by atoms with Crippen LogP contribution in [-0.2, 0) is 4.74 Å². The first-order valence-corrected chi connectivity index (χ1v) is 4.36. The summed E-state index contributed by atoms with van der Waals surface area (Å²) in [5.41, 5.74) is -1.78. The Morgan fingerprint density at radius 3 is 2.44 bits per heavy atom. The summed E-state index contributed by atoms with van der Waals surface area (Å²) in [4.78, 5) is 11.3. The fourth-order valence-electron chi connectivity index (χ4n) is 1.18. The van der Waals surface area contributed by atoms with Gasteiger partial charge in [0.1, 0.15) is 28.8 Å². The zero-order valence-corrected chi connectivity index (χ0v) is 8.84. The van der Waals surface area contributed by atoms with Crippen LogP contribution in [0, 0.1) is 17.1 Å². The quantitative estimate of drug-likeness (QED) is 0.607. The number of alkyl halides is 3. The second-order valence-electron chi connectivity index (χ2n) is 2.95. The van der Waals surface area contributed by atoms with Crippen molar-refractivity contribution in [1.82, 2.24) is 0 Å². The maximum atomic E-state index is 13.2. The van der Waals surface area contributed by atoms with E-state index in [1.54, 1.807) is 0 Å². The van der Waals surface area contributed by atoms with Crippen LogP contribution in [0.4, 0.5) is 17.6 Å². The third-order valence-electron chi connectivity index (χ3n) is 1.84. The Morgan fingerprint density at radius 2 is 2.00 bits per heavy atom. The number of carbonyl (C=O) groups excluding carboxylic acids is 1. The Morgan fingerprint density at radius 1 is 1.39 bits per heavy atom. The van der Waals surface area contributed by atoms with E-state index in [0.717, 1.165) is 7.11 Å². The smallest absolute Gasteiger partial charge is 0.465 e. The van der Waals surface area contributed by atoms with Gasteiger partial charge in [0, 0.05) is 0 Å². The number of esters is 1. The molecule has 18 heavy (non-hydrogen) atoms. The average molecular weight is 263 g/mol. The van der Waals surface area contributed by atoms with Crippen molar-refractivity contribution in [3.63, 3.8) is 0 Å². The summed E-state index contributed by atoms with van der Waals surface area (Å²) in [7, 11) is 0.881. The van der Waals surface area contributed by atoms with Gasteiger partial charge in [0.15, 0.2) is 0 Å². The van der Waals surface area contributed by atoms with Crippen molar-refractivity contribution in [1.29, 1.82) is 5.26 Å². The molecular weight excluding hydrogens is 258 g/mol. The molecule has 0 radical (unpaired) electrons. The second-order valence-corrected chi connectivity index (χ2v) is 2.95. The van der Waals surface area contributed by atoms with Crippen molar-refractivity contribution in [2.45, 2.75) is 6.36 Å². The molecule has 0 saturated heterocycles. The van der Waals surface area contributed by atoms with Gasteiger partial charge in [-0.15, -0.1) is 13.2 Å². The van der Waals surface area contributed by atoms with Crippen molar-refractivity contribution in [3.8, 4) is 11.8 Å². The fraction of sp³-hybridized carbons (Fsp3) is 0.200. The number of hydrogen-bond acceptors (Lipinski definition) is 4. The lowest BCUT2D eigenvalue weighted by Gasteiger charge is -2.13. The van der Waals surface area contributed by atoms with E-state index in [1.165, 1.54) is 6.07 Å². The van der Waals surface area contributed by atoms with E-state index in [1.807, 2.05) is 0 Å². The number of hydrogen-bond donors (Lipinski definition) is 0. The maximum absolute atomic E-state index is 13.2. The number of rotatable bonds is 2. The summed E-state index contributed by atoms with van der Waals surface area (Å²) in [5.74, 6) is -3.44. The molecule has 0 atom stereocenters. The Balaban J connectivity index is 3.44. The molecule has 1 aromatic rings. The standard InChI is InChI=1S/C10H5F4NO3/c1-17-9(16)8-5(4-15)6(11)2-3-7(8)18-10(12,13)14/h2-3H,1H3. The van der Waals surface area contributed by atoms with Gasteiger partial charge in [-0.3, -0.25) is 0 Å². The number of halogens is 4. The second kappa shape index (κ2) is 4.91. The van der Waals surface area contributed by atoms with Crippen LogP contribution in [0.15, 0.2) is 12.1 Å². The maximum Gasteiger partial charge on any atom is 0.573 e. The number of benzene rings is 1. The van der Waals surface area contributed by atoms with Gasteiger partial charge in [-0.05, 0) is 12.1 Å². The number of nitrogens with zero attached hydrogens (tertiary/aromatic N) is 1. The molecule has 0 aliphatic heterocycles. The Hall–Kier alpha value is -2.30. The molecule has 0 aliphatic rings. The number of ether oxygens (including phenoxy) is 2. The Bertz CT molecular complexity index is 519. The average Bonchev–Trinajstić information content (AvgIpc) is 2.28. The molecule has 0 fully saturated rings. The molecule has 1 aromatic carbocycles. The summed E-state index contributed by atoms with van der Waals surface area (Å²) in [6, 6.07) is 2.46. The van der Waals surface area contributed by atoms with Crippen LogP contribution in [0.1, 0.15) is 15.9 Å². The summed E-state index contributed by atoms with van der Waals surface area (Å²) >= 11 is 0. The highest BCUT2D eigenvalue weighted by Gasteiger charge is 2.34. The summed E-state index contributed by atoms with van der Waals surface area (Å²) in [6.07, 6.45) is -5.08. The van der Waals surface area contributed by atoms with Crippen LogP contribution in [0.3, 0.4) is 0 Å². The summed E-state index contributed by atoms with van der Waals surface area (Å²) < 4.78 is 57.1. The number of carbonyl (C=O) groups is 1. The van der Waals surface area contributed by atoms with Crippen LogP contribution in [0.2, 0.25) is 0 Å². The summed E-state index contributed by atoms with van der Waals surface area (Å²) in [6.45, 7) is 0. The van der Waals surface area contributed by atoms with Crippen molar-refractivity contribution < 1.29 is 31.8 Å². The minimum absolute atomic E-state index is 0.589. The number of nitriles is 1. The molecule has 0 spiro atoms. The lowest BCUT2D eigenvalue weighted by atomic mass is 10.1. The molecule has 0 aromatic heterocycles. The van der Waals surface area contributed by atoms with Crippen LogP contribution >= 0.6 is 0 Å². The first kappa shape index (κ1) is 13.8. The van der Waals surface area contributed by atoms with Crippen molar-refractivity contribution in [2.24, 2.45) is 0 Å². The third kappa shape index (κ3) is 2.88. The van der Waals surface area contributed by atoms with Gasteiger partial charge in [-0.2, -0.15) is 5.26 Å². The minimum atomic E-state index is -5.08. The van der Waals surface area contributed by atoms with Crippen molar-refractivity contribution in [3.05, 3.63) is 29.1 Å². The van der Waals surface area contributed by atoms with Crippen LogP contribution in [0.25, 0.3) is 0 Å². The highest BCUT2D eigenvalue weighted by Crippen LogP contribution is 2.30. The lowest BCUT2D eigenvalue weighted by molar-refractivity contribution is -0.274. The molecule has 0 saturated carbocycles. The molecule has 0 unspecified atom stereocenters. The molecule has 0 heterocycles. The van der Waals surface area contributed by atoms with E-state index in [9.17, 15) is 22.4 Å². The van der Waals surface area contributed by atoms with Crippen molar-refractivity contribution >= 4 is 5.97 Å². The third-order valence-corrected chi connectivity index (χ3v) is 1.84. The molecular formula is C10H5F4NO3. The number of methoxy groups -OCH3 is 1. The normalized spacial score (nSPS) is 10.7. The SMILES string of the molecule is COC(=O)c1c(OC(F)(F)F)ccc(F)c1C#N. The molecule has 96 valence electrons. The predicted octanol–water partition coefficient (Wildman–Crippen LogP) is 2.38. The predicted molar refractivity (Wildman–Crippen MR) is 49.1 cm³/mol. The topological polar surface area (TPSA) is 59.3 Å². The van der Waals surface area contributed by atoms with Gasteiger partial charge in [-0.25, -0.2) is 9.18 Å². The first-order valence-electron chi connectivity index (χ1n) is 4.36. The van der Waals surface area contributed by atoms with E-state index in [-0.39, 0.29) is 0 Å². The van der Waals surface area contributed by atoms with Crippen LogP contribution < -0.4 is 4.74 Å². The van der Waals surface area contributed by atoms with Gasteiger partial charge in [0.05, 0.1) is 7.11 Å². The zero-order valence-electron chi connectivity index (χ0n) is 8.84. The highest BCUT2D eigenvalue weighted by atomic mass is 19.4. The van der Waals surface area contributed by atoms with Gasteiger partial charge in [0.25, 0.3) is 0 Å². The lowest BCUT2D eigenvalue weighted by Crippen LogP contribution is -2.20. The molecule has 0 amide bonds. The molecule has 0 bridgehead atoms. The van der Waals surface area contributed by atoms with Crippen LogP contribution in [-0.4, -0.2) is 19.4 Å². The van der Waals surface area contributed by atoms with E-state index >= 15 is 0 Å². The molecule has 1 rings (SSSR count). The van der Waals surface area contributed by atoms with E-state index in [2.05, 4.69) is 9.47 Å². The molecule has 0 N–H and O–H groups in total. The first-order chi connectivity index (χ1) is 8.30. The van der Waals surface area contributed by atoms with Gasteiger partial charge in [0.2, 0.25) is 0 Å². The van der Waals surface area contributed by atoms with Crippen LogP contribution in [0.5, 0.6) is 5.75 Å². The fourth-order valence-corrected chi connectivity index (χ4v) is 1.18. The molecule has 4 nitrogen and oxygen atoms in total. The van der Waals surface area contributed by atoms with Gasteiger partial charge in [-0.1, -0.05) is 0 Å². The summed E-state index contributed by atoms with van der Waals surface area (Å²) in [5, 5.41) is 8.63. The molecule has 0 aliphatic carbocycles.